The molecule has 0 unspecified atom stereocenters. The zero-order valence-corrected chi connectivity index (χ0v) is 22.9. The first kappa shape index (κ1) is 25.3. The molecule has 1 aliphatic heterocycles. The van der Waals surface area contributed by atoms with Gasteiger partial charge in [0.2, 0.25) is 0 Å². The van der Waals surface area contributed by atoms with Gasteiger partial charge in [-0.05, 0) is 75.9 Å². The molecule has 0 saturated heterocycles. The van der Waals surface area contributed by atoms with Gasteiger partial charge in [0.25, 0.3) is 0 Å². The zero-order chi connectivity index (χ0) is 27.4. The van der Waals surface area contributed by atoms with Crippen LogP contribution in [-0.4, -0.2) is 57.5 Å². The lowest BCUT2D eigenvalue weighted by atomic mass is 9.95. The number of carbonyl (C=O) groups is 1. The van der Waals surface area contributed by atoms with E-state index in [1.807, 2.05) is 69.0 Å². The Hall–Kier alpha value is -3.98. The molecule has 4 aromatic rings. The molecule has 0 N–H and O–H groups in total. The molecule has 0 radical (unpaired) electrons. The van der Waals surface area contributed by atoms with Gasteiger partial charge in [0.05, 0.1) is 28.0 Å². The Morgan fingerprint density at radius 2 is 1.74 bits per heavy atom. The second kappa shape index (κ2) is 9.34. The number of rotatable bonds is 5. The van der Waals surface area contributed by atoms with Crippen molar-refractivity contribution >= 4 is 33.8 Å². The Labute approximate surface area is 226 Å². The Balaban J connectivity index is 1.29. The number of carbonyl (C=O) groups excluding carboxylic acids is 1. The molecule has 39 heavy (non-hydrogen) atoms. The fourth-order valence-electron chi connectivity index (χ4n) is 5.14. The minimum Gasteiger partial charge on any atom is -0.467 e. The van der Waals surface area contributed by atoms with Crippen LogP contribution in [0.3, 0.4) is 0 Å². The summed E-state index contributed by atoms with van der Waals surface area (Å²) in [6, 6.07) is 11.7. The lowest BCUT2D eigenvalue weighted by molar-refractivity contribution is 0.0152. The molecule has 2 aliphatic rings. The average molecular weight is 529 g/mol. The van der Waals surface area contributed by atoms with E-state index in [0.29, 0.717) is 29.3 Å². The van der Waals surface area contributed by atoms with Crippen LogP contribution in [-0.2, 0) is 9.47 Å². The molecule has 9 nitrogen and oxygen atoms in total. The van der Waals surface area contributed by atoms with Crippen molar-refractivity contribution in [2.45, 2.75) is 58.1 Å². The average Bonchev–Trinajstić information content (AvgIpc) is 3.54. The number of aromatic nitrogens is 3. The molecule has 0 bridgehead atoms. The van der Waals surface area contributed by atoms with E-state index in [1.54, 1.807) is 7.11 Å². The number of nitrogens with zero attached hydrogens (tertiary/aromatic N) is 4. The van der Waals surface area contributed by atoms with Gasteiger partial charge in [0.15, 0.2) is 18.3 Å². The summed E-state index contributed by atoms with van der Waals surface area (Å²) in [5.74, 6) is 1.20. The van der Waals surface area contributed by atoms with Crippen molar-refractivity contribution in [3.05, 3.63) is 54.1 Å². The standard InChI is InChI=1S/C30H32N4O5/c1-18-31-25-15-26(37-17-36-5)20(14-27(25)38-18)22-7-9-23-24(33-22)8-6-21(32-23)19-10-13-34(30(16-19)11-12-30)28(35)39-29(2,3)4/h6-10,14-15H,11-13,16-17H2,1-5H3. The maximum Gasteiger partial charge on any atom is 0.411 e. The van der Waals surface area contributed by atoms with E-state index >= 15 is 0 Å². The second-order valence-electron chi connectivity index (χ2n) is 11.3. The number of hydrogen-bond acceptors (Lipinski definition) is 8. The summed E-state index contributed by atoms with van der Waals surface area (Å²) in [6.45, 7) is 8.14. The molecule has 1 amide bonds. The van der Waals surface area contributed by atoms with Crippen LogP contribution in [0, 0.1) is 6.92 Å². The molecule has 6 rings (SSSR count). The lowest BCUT2D eigenvalue weighted by Gasteiger charge is -2.36. The Kier molecular flexibility index (Phi) is 6.06. The van der Waals surface area contributed by atoms with Gasteiger partial charge in [-0.3, -0.25) is 4.90 Å². The van der Waals surface area contributed by atoms with Crippen molar-refractivity contribution in [3.63, 3.8) is 0 Å². The highest BCUT2D eigenvalue weighted by Gasteiger charge is 2.52. The third kappa shape index (κ3) is 4.94. The largest absolute Gasteiger partial charge is 0.467 e. The summed E-state index contributed by atoms with van der Waals surface area (Å²) in [6.07, 6.45) is 4.57. The van der Waals surface area contributed by atoms with E-state index in [-0.39, 0.29) is 18.4 Å². The zero-order valence-electron chi connectivity index (χ0n) is 22.9. The fraction of sp³-hybridized carbons (Fsp3) is 0.400. The summed E-state index contributed by atoms with van der Waals surface area (Å²) < 4.78 is 22.4. The highest BCUT2D eigenvalue weighted by atomic mass is 16.7. The topological polar surface area (TPSA) is 99.8 Å². The number of methoxy groups -OCH3 is 1. The number of pyridine rings is 2. The molecule has 3 aromatic heterocycles. The molecule has 1 aliphatic carbocycles. The predicted molar refractivity (Wildman–Crippen MR) is 147 cm³/mol. The maximum absolute atomic E-state index is 12.8. The first-order chi connectivity index (χ1) is 18.6. The normalized spacial score (nSPS) is 16.5. The van der Waals surface area contributed by atoms with Crippen molar-refractivity contribution in [1.29, 1.82) is 0 Å². The van der Waals surface area contributed by atoms with E-state index < -0.39 is 5.60 Å². The number of hydrogen-bond donors (Lipinski definition) is 0. The molecule has 1 saturated carbocycles. The summed E-state index contributed by atoms with van der Waals surface area (Å²) >= 11 is 0. The van der Waals surface area contributed by atoms with Crippen molar-refractivity contribution in [2.24, 2.45) is 0 Å². The van der Waals surface area contributed by atoms with E-state index in [1.165, 1.54) is 0 Å². The highest BCUT2D eigenvalue weighted by molar-refractivity contribution is 5.87. The minimum atomic E-state index is -0.515. The van der Waals surface area contributed by atoms with Gasteiger partial charge in [0.1, 0.15) is 16.9 Å². The van der Waals surface area contributed by atoms with Crippen LogP contribution < -0.4 is 4.74 Å². The Morgan fingerprint density at radius 1 is 1.03 bits per heavy atom. The Bertz CT molecular complexity index is 1610. The minimum absolute atomic E-state index is 0.107. The molecule has 1 spiro atoms. The summed E-state index contributed by atoms with van der Waals surface area (Å²) in [5.41, 5.74) is 5.86. The van der Waals surface area contributed by atoms with Gasteiger partial charge in [-0.25, -0.2) is 19.7 Å². The molecule has 4 heterocycles. The molecule has 9 heteroatoms. The van der Waals surface area contributed by atoms with Gasteiger partial charge >= 0.3 is 6.09 Å². The van der Waals surface area contributed by atoms with Crippen molar-refractivity contribution in [1.82, 2.24) is 19.9 Å². The molecule has 202 valence electrons. The lowest BCUT2D eigenvalue weighted by Crippen LogP contribution is -2.47. The number of ether oxygens (including phenoxy) is 3. The summed E-state index contributed by atoms with van der Waals surface area (Å²) in [7, 11) is 1.58. The maximum atomic E-state index is 12.8. The number of aryl methyl sites for hydroxylation is 1. The fourth-order valence-corrected chi connectivity index (χ4v) is 5.14. The van der Waals surface area contributed by atoms with Gasteiger partial charge in [0, 0.05) is 32.2 Å². The van der Waals surface area contributed by atoms with E-state index in [2.05, 4.69) is 11.1 Å². The monoisotopic (exact) mass is 528 g/mol. The van der Waals surface area contributed by atoms with E-state index in [0.717, 1.165) is 52.8 Å². The third-order valence-corrected chi connectivity index (χ3v) is 7.13. The van der Waals surface area contributed by atoms with Gasteiger partial charge < -0.3 is 18.6 Å². The van der Waals surface area contributed by atoms with Crippen LogP contribution in [0.1, 0.15) is 51.6 Å². The smallest absolute Gasteiger partial charge is 0.411 e. The first-order valence-electron chi connectivity index (χ1n) is 13.2. The van der Waals surface area contributed by atoms with Crippen LogP contribution in [0.15, 0.2) is 46.9 Å². The molecule has 0 atom stereocenters. The molecular formula is C30H32N4O5. The predicted octanol–water partition coefficient (Wildman–Crippen LogP) is 6.29. The number of fused-ring (bicyclic) bond motifs is 2. The van der Waals surface area contributed by atoms with Crippen molar-refractivity contribution < 1.29 is 23.4 Å². The van der Waals surface area contributed by atoms with E-state index in [4.69, 9.17) is 28.6 Å². The van der Waals surface area contributed by atoms with Crippen LogP contribution in [0.2, 0.25) is 0 Å². The van der Waals surface area contributed by atoms with E-state index in [9.17, 15) is 4.79 Å². The first-order valence-corrected chi connectivity index (χ1v) is 13.2. The summed E-state index contributed by atoms with van der Waals surface area (Å²) in [4.78, 5) is 28.9. The van der Waals surface area contributed by atoms with Crippen LogP contribution in [0.5, 0.6) is 5.75 Å². The number of amides is 1. The Morgan fingerprint density at radius 3 is 2.44 bits per heavy atom. The second-order valence-corrected chi connectivity index (χ2v) is 11.3. The number of benzene rings is 1. The summed E-state index contributed by atoms with van der Waals surface area (Å²) in [5, 5.41) is 0. The quantitative estimate of drug-likeness (QED) is 0.279. The molecular weight excluding hydrogens is 496 g/mol. The highest BCUT2D eigenvalue weighted by Crippen LogP contribution is 2.50. The van der Waals surface area contributed by atoms with Crippen molar-refractivity contribution in [2.75, 3.05) is 20.4 Å². The van der Waals surface area contributed by atoms with Crippen LogP contribution in [0.4, 0.5) is 4.79 Å². The van der Waals surface area contributed by atoms with Gasteiger partial charge in [-0.2, -0.15) is 0 Å². The SMILES string of the molecule is COCOc1cc2nc(C)oc2cc1-c1ccc2nc(C3=CCN(C(=O)OC(C)(C)C)C4(CC4)C3)ccc2n1. The third-order valence-electron chi connectivity index (χ3n) is 7.13. The molecule has 1 fully saturated rings. The molecule has 1 aromatic carbocycles. The van der Waals surface area contributed by atoms with Crippen LogP contribution >= 0.6 is 0 Å². The van der Waals surface area contributed by atoms with Gasteiger partial charge in [-0.1, -0.05) is 6.08 Å². The number of oxazole rings is 1. The van der Waals surface area contributed by atoms with Crippen molar-refractivity contribution in [3.8, 4) is 17.0 Å². The van der Waals surface area contributed by atoms with Gasteiger partial charge in [-0.15, -0.1) is 0 Å². The van der Waals surface area contributed by atoms with Crippen LogP contribution in [0.25, 0.3) is 39.0 Å².